The van der Waals surface area contributed by atoms with E-state index in [0.29, 0.717) is 6.42 Å². The number of unbranched alkanes of at least 4 members (excludes halogenated alkanes) is 7. The average molecular weight is 314 g/mol. The van der Waals surface area contributed by atoms with Crippen LogP contribution in [0.5, 0.6) is 0 Å². The van der Waals surface area contributed by atoms with E-state index in [1.54, 1.807) is 6.92 Å². The van der Waals surface area contributed by atoms with Gasteiger partial charge in [-0.2, -0.15) is 0 Å². The molecule has 22 heavy (non-hydrogen) atoms. The molecule has 0 aromatic carbocycles. The van der Waals surface area contributed by atoms with E-state index in [1.807, 2.05) is 0 Å². The third-order valence-corrected chi connectivity index (χ3v) is 4.74. The molecule has 5 nitrogen and oxygen atoms in total. The molecule has 1 saturated heterocycles. The van der Waals surface area contributed by atoms with Crippen molar-refractivity contribution in [1.82, 2.24) is 0 Å². The topological polar surface area (TPSA) is 61.8 Å². The average Bonchev–Trinajstić information content (AvgIpc) is 2.69. The molecule has 1 atom stereocenters. The number of cyclic esters (lactones) is 2. The molecule has 0 radical (unpaired) electrons. The zero-order valence-corrected chi connectivity index (χ0v) is 14.4. The molecule has 5 heteroatoms. The summed E-state index contributed by atoms with van der Waals surface area (Å²) in [5.74, 6) is -2.90. The fourth-order valence-electron chi connectivity index (χ4n) is 3.20. The lowest BCUT2D eigenvalue weighted by molar-refractivity contribution is -0.244. The molecule has 1 aliphatic heterocycles. The molecule has 1 rings (SSSR count). The number of rotatable bonds is 11. The third-order valence-electron chi connectivity index (χ3n) is 4.74. The summed E-state index contributed by atoms with van der Waals surface area (Å²) >= 11 is 0. The molecular formula is C17H30O5. The molecule has 128 valence electrons. The van der Waals surface area contributed by atoms with Crippen molar-refractivity contribution >= 4 is 11.9 Å². The van der Waals surface area contributed by atoms with Crippen LogP contribution in [0, 0.1) is 5.41 Å². The van der Waals surface area contributed by atoms with Crippen LogP contribution in [0.1, 0.15) is 71.6 Å². The van der Waals surface area contributed by atoms with Gasteiger partial charge in [-0.05, 0) is 13.3 Å². The Hall–Kier alpha value is -0.940. The second-order valence-electron chi connectivity index (χ2n) is 6.26. The van der Waals surface area contributed by atoms with Gasteiger partial charge in [0.05, 0.1) is 0 Å². The second-order valence-corrected chi connectivity index (χ2v) is 6.26. The summed E-state index contributed by atoms with van der Waals surface area (Å²) in [6.45, 7) is 3.90. The van der Waals surface area contributed by atoms with E-state index in [-0.39, 0.29) is 0 Å². The van der Waals surface area contributed by atoms with Crippen molar-refractivity contribution in [3.8, 4) is 0 Å². The zero-order chi connectivity index (χ0) is 16.6. The van der Waals surface area contributed by atoms with Gasteiger partial charge in [-0.15, -0.1) is 0 Å². The predicted molar refractivity (Wildman–Crippen MR) is 83.2 cm³/mol. The van der Waals surface area contributed by atoms with Crippen LogP contribution in [0.15, 0.2) is 0 Å². The maximum atomic E-state index is 12.1. The van der Waals surface area contributed by atoms with Crippen molar-refractivity contribution in [2.45, 2.75) is 77.4 Å². The van der Waals surface area contributed by atoms with Gasteiger partial charge in [0.15, 0.2) is 0 Å². The summed E-state index contributed by atoms with van der Waals surface area (Å²) in [7, 11) is 2.74. The van der Waals surface area contributed by atoms with Gasteiger partial charge in [0.1, 0.15) is 5.41 Å². The summed E-state index contributed by atoms with van der Waals surface area (Å²) in [5, 5.41) is 0. The molecule has 1 heterocycles. The first-order chi connectivity index (χ1) is 10.5. The van der Waals surface area contributed by atoms with Gasteiger partial charge in [0, 0.05) is 14.2 Å². The largest absolute Gasteiger partial charge is 0.388 e. The van der Waals surface area contributed by atoms with Crippen LogP contribution in [-0.2, 0) is 23.8 Å². The Morgan fingerprint density at radius 1 is 0.864 bits per heavy atom. The Morgan fingerprint density at radius 3 is 1.86 bits per heavy atom. The van der Waals surface area contributed by atoms with E-state index < -0.39 is 23.1 Å². The number of ether oxygens (including phenoxy) is 3. The lowest BCUT2D eigenvalue weighted by Crippen LogP contribution is -2.52. The number of esters is 2. The van der Waals surface area contributed by atoms with Gasteiger partial charge >= 0.3 is 11.9 Å². The third kappa shape index (κ3) is 3.69. The molecule has 0 aromatic heterocycles. The summed E-state index contributed by atoms with van der Waals surface area (Å²) in [4.78, 5) is 24.0. The fourth-order valence-corrected chi connectivity index (χ4v) is 3.20. The first-order valence-electron chi connectivity index (χ1n) is 8.35. The SMILES string of the molecule is CCCCCCCCCCC1(C)C(=O)OC(=O)C1(OC)OC. The highest BCUT2D eigenvalue weighted by Gasteiger charge is 2.67. The molecule has 0 amide bonds. The highest BCUT2D eigenvalue weighted by molar-refractivity contribution is 6.02. The van der Waals surface area contributed by atoms with Gasteiger partial charge in [-0.25, -0.2) is 4.79 Å². The van der Waals surface area contributed by atoms with Gasteiger partial charge < -0.3 is 14.2 Å². The second kappa shape index (κ2) is 8.63. The van der Waals surface area contributed by atoms with Crippen molar-refractivity contribution in [1.29, 1.82) is 0 Å². The molecule has 0 aliphatic carbocycles. The molecule has 0 N–H and O–H groups in total. The smallest absolute Gasteiger partial charge is 0.375 e. The Bertz CT molecular complexity index is 375. The molecule has 1 unspecified atom stereocenters. The van der Waals surface area contributed by atoms with Gasteiger partial charge in [0.25, 0.3) is 5.79 Å². The van der Waals surface area contributed by atoms with Gasteiger partial charge in [-0.3, -0.25) is 4.79 Å². The number of methoxy groups -OCH3 is 2. The Kier molecular flexibility index (Phi) is 7.49. The van der Waals surface area contributed by atoms with Crippen LogP contribution < -0.4 is 0 Å². The zero-order valence-electron chi connectivity index (χ0n) is 14.4. The Morgan fingerprint density at radius 2 is 1.36 bits per heavy atom. The van der Waals surface area contributed by atoms with Gasteiger partial charge in [-0.1, -0.05) is 58.3 Å². The minimum absolute atomic E-state index is 0.522. The molecule has 0 bridgehead atoms. The minimum Gasteiger partial charge on any atom is -0.388 e. The molecular weight excluding hydrogens is 284 g/mol. The van der Waals surface area contributed by atoms with Crippen molar-refractivity contribution in [2.75, 3.05) is 14.2 Å². The Labute approximate surface area is 133 Å². The first kappa shape index (κ1) is 19.1. The molecule has 0 spiro atoms. The quantitative estimate of drug-likeness (QED) is 0.252. The maximum absolute atomic E-state index is 12.1. The van der Waals surface area contributed by atoms with E-state index in [1.165, 1.54) is 46.3 Å². The highest BCUT2D eigenvalue weighted by atomic mass is 16.7. The summed E-state index contributed by atoms with van der Waals surface area (Å²) < 4.78 is 15.3. The highest BCUT2D eigenvalue weighted by Crippen LogP contribution is 2.46. The number of hydrogen-bond acceptors (Lipinski definition) is 5. The van der Waals surface area contributed by atoms with E-state index in [9.17, 15) is 9.59 Å². The van der Waals surface area contributed by atoms with Crippen LogP contribution in [0.25, 0.3) is 0 Å². The fraction of sp³-hybridized carbons (Fsp3) is 0.882. The van der Waals surface area contributed by atoms with Crippen LogP contribution in [-0.4, -0.2) is 31.9 Å². The van der Waals surface area contributed by atoms with Crippen LogP contribution >= 0.6 is 0 Å². The first-order valence-corrected chi connectivity index (χ1v) is 8.35. The number of hydrogen-bond donors (Lipinski definition) is 0. The normalized spacial score (nSPS) is 23.8. The predicted octanol–water partition coefficient (Wildman–Crippen LogP) is 3.60. The van der Waals surface area contributed by atoms with Gasteiger partial charge in [0.2, 0.25) is 0 Å². The van der Waals surface area contributed by atoms with E-state index in [4.69, 9.17) is 14.2 Å². The number of carbonyl (C=O) groups excluding carboxylic acids is 2. The summed E-state index contributed by atoms with van der Waals surface area (Å²) in [5.41, 5.74) is -1.07. The van der Waals surface area contributed by atoms with Crippen molar-refractivity contribution in [3.05, 3.63) is 0 Å². The summed E-state index contributed by atoms with van der Waals surface area (Å²) in [6.07, 6.45) is 9.90. The molecule has 1 aliphatic rings. The monoisotopic (exact) mass is 314 g/mol. The summed E-state index contributed by atoms with van der Waals surface area (Å²) in [6, 6.07) is 0. The standard InChI is InChI=1S/C17H30O5/c1-5-6-7-8-9-10-11-12-13-16(2)14(18)22-15(19)17(16,20-3)21-4/h5-13H2,1-4H3. The maximum Gasteiger partial charge on any atom is 0.375 e. The molecule has 0 saturated carbocycles. The number of carbonyl (C=O) groups is 2. The van der Waals surface area contributed by atoms with Crippen LogP contribution in [0.4, 0.5) is 0 Å². The van der Waals surface area contributed by atoms with Crippen molar-refractivity contribution < 1.29 is 23.8 Å². The Balaban J connectivity index is 2.45. The van der Waals surface area contributed by atoms with Crippen molar-refractivity contribution in [3.63, 3.8) is 0 Å². The lowest BCUT2D eigenvalue weighted by atomic mass is 9.78. The molecule has 1 fully saturated rings. The molecule has 0 aromatic rings. The van der Waals surface area contributed by atoms with Crippen LogP contribution in [0.2, 0.25) is 0 Å². The van der Waals surface area contributed by atoms with E-state index in [2.05, 4.69) is 6.92 Å². The van der Waals surface area contributed by atoms with E-state index >= 15 is 0 Å². The van der Waals surface area contributed by atoms with Crippen LogP contribution in [0.3, 0.4) is 0 Å². The van der Waals surface area contributed by atoms with E-state index in [0.717, 1.165) is 19.3 Å². The minimum atomic E-state index is -1.61. The lowest BCUT2D eigenvalue weighted by Gasteiger charge is -2.34. The van der Waals surface area contributed by atoms with Crippen molar-refractivity contribution in [2.24, 2.45) is 5.41 Å².